The van der Waals surface area contributed by atoms with Crippen LogP contribution in [0.25, 0.3) is 10.8 Å². The van der Waals surface area contributed by atoms with E-state index in [9.17, 15) is 19.5 Å². The maximum atomic E-state index is 12.7. The van der Waals surface area contributed by atoms with Gasteiger partial charge in [0.2, 0.25) is 0 Å². The van der Waals surface area contributed by atoms with Crippen LogP contribution in [-0.4, -0.2) is 21.5 Å². The minimum atomic E-state index is -1.50. The zero-order valence-corrected chi connectivity index (χ0v) is 14.7. The molecule has 0 fully saturated rings. The smallest absolute Gasteiger partial charge is 0.275 e. The number of benzene rings is 2. The molecule has 0 aliphatic carbocycles. The van der Waals surface area contributed by atoms with Crippen molar-refractivity contribution in [1.29, 1.82) is 0 Å². The second-order valence-electron chi connectivity index (χ2n) is 6.32. The van der Waals surface area contributed by atoms with E-state index in [-0.39, 0.29) is 28.8 Å². The van der Waals surface area contributed by atoms with E-state index in [0.29, 0.717) is 5.56 Å². The largest absolute Gasteiger partial charge is 0.543 e. The molecule has 1 heterocycles. The molecule has 0 aliphatic rings. The zero-order chi connectivity index (χ0) is 19.0. The molecule has 0 saturated carbocycles. The molecule has 6 heteroatoms. The molecule has 0 bridgehead atoms. The van der Waals surface area contributed by atoms with Crippen LogP contribution in [0.15, 0.2) is 41.2 Å². The standard InChI is InChI=1S/C20H18N2O4/c1-11-8-13(3)16(9-12(11)2)17(23)10-22-19(24)15-7-5-4-6-14(15)18(21-22)20(25)26/h4-9H,10H2,1-3H3,(H,25,26)/p-1. The highest BCUT2D eigenvalue weighted by Gasteiger charge is 2.16. The first kappa shape index (κ1) is 17.5. The number of carboxylic acid groups (broad SMARTS) is 1. The molecule has 2 aromatic carbocycles. The third-order valence-electron chi connectivity index (χ3n) is 4.50. The molecule has 0 amide bonds. The Labute approximate surface area is 149 Å². The highest BCUT2D eigenvalue weighted by molar-refractivity contribution is 6.01. The summed E-state index contributed by atoms with van der Waals surface area (Å²) in [7, 11) is 0. The van der Waals surface area contributed by atoms with Gasteiger partial charge in [0.25, 0.3) is 5.56 Å². The molecular formula is C20H17N2O4-. The Balaban J connectivity index is 2.11. The van der Waals surface area contributed by atoms with Gasteiger partial charge < -0.3 is 9.90 Å². The Hall–Kier alpha value is -3.28. The summed E-state index contributed by atoms with van der Waals surface area (Å²) in [5.41, 5.74) is 2.45. The van der Waals surface area contributed by atoms with Crippen LogP contribution in [0.3, 0.4) is 0 Å². The van der Waals surface area contributed by atoms with Crippen LogP contribution >= 0.6 is 0 Å². The molecule has 0 unspecified atom stereocenters. The maximum absolute atomic E-state index is 12.7. The Kier molecular flexibility index (Phi) is 4.42. The lowest BCUT2D eigenvalue weighted by Crippen LogP contribution is -2.32. The number of Topliss-reactive ketones (excluding diaryl/α,β-unsaturated/α-hetero) is 1. The molecule has 26 heavy (non-hydrogen) atoms. The van der Waals surface area contributed by atoms with Gasteiger partial charge in [-0.05, 0) is 49.6 Å². The van der Waals surface area contributed by atoms with Crippen LogP contribution in [0, 0.1) is 20.8 Å². The fourth-order valence-corrected chi connectivity index (χ4v) is 2.98. The third-order valence-corrected chi connectivity index (χ3v) is 4.50. The van der Waals surface area contributed by atoms with Crippen molar-refractivity contribution in [1.82, 2.24) is 9.78 Å². The lowest BCUT2D eigenvalue weighted by molar-refractivity contribution is -0.255. The van der Waals surface area contributed by atoms with Gasteiger partial charge in [0.05, 0.1) is 11.4 Å². The van der Waals surface area contributed by atoms with Crippen molar-refractivity contribution in [2.24, 2.45) is 0 Å². The Bertz CT molecular complexity index is 1110. The van der Waals surface area contributed by atoms with Gasteiger partial charge in [0.1, 0.15) is 12.2 Å². The Morgan fingerprint density at radius 1 is 1.00 bits per heavy atom. The van der Waals surface area contributed by atoms with Gasteiger partial charge in [-0.2, -0.15) is 5.10 Å². The Morgan fingerprint density at radius 3 is 2.27 bits per heavy atom. The average molecular weight is 349 g/mol. The number of aryl methyl sites for hydroxylation is 3. The number of nitrogens with zero attached hydrogens (tertiary/aromatic N) is 2. The summed E-state index contributed by atoms with van der Waals surface area (Å²) in [6.07, 6.45) is 0. The summed E-state index contributed by atoms with van der Waals surface area (Å²) in [6, 6.07) is 9.93. The minimum Gasteiger partial charge on any atom is -0.543 e. The molecule has 0 atom stereocenters. The predicted molar refractivity (Wildman–Crippen MR) is 95.3 cm³/mol. The first-order chi connectivity index (χ1) is 12.3. The van der Waals surface area contributed by atoms with E-state index >= 15 is 0 Å². The van der Waals surface area contributed by atoms with Gasteiger partial charge >= 0.3 is 0 Å². The van der Waals surface area contributed by atoms with Gasteiger partial charge in [0.15, 0.2) is 5.78 Å². The summed E-state index contributed by atoms with van der Waals surface area (Å²) >= 11 is 0. The molecule has 1 aromatic heterocycles. The number of hydrogen-bond acceptors (Lipinski definition) is 5. The van der Waals surface area contributed by atoms with Gasteiger partial charge in [0, 0.05) is 10.9 Å². The van der Waals surface area contributed by atoms with Gasteiger partial charge in [-0.25, -0.2) is 4.68 Å². The molecule has 0 radical (unpaired) electrons. The quantitative estimate of drug-likeness (QED) is 0.667. The molecule has 6 nitrogen and oxygen atoms in total. The number of aromatic nitrogens is 2. The number of carboxylic acids is 1. The van der Waals surface area contributed by atoms with E-state index < -0.39 is 11.5 Å². The van der Waals surface area contributed by atoms with E-state index in [1.807, 2.05) is 26.8 Å². The lowest BCUT2D eigenvalue weighted by atomic mass is 9.98. The third kappa shape index (κ3) is 3.01. The molecule has 132 valence electrons. The topological polar surface area (TPSA) is 92.1 Å². The van der Waals surface area contributed by atoms with Crippen LogP contribution in [-0.2, 0) is 6.54 Å². The number of hydrogen-bond donors (Lipinski definition) is 0. The van der Waals surface area contributed by atoms with Crippen LogP contribution < -0.4 is 10.7 Å². The molecule has 0 aliphatic heterocycles. The van der Waals surface area contributed by atoms with Crippen LogP contribution in [0.1, 0.15) is 37.5 Å². The number of aromatic carboxylic acids is 1. The van der Waals surface area contributed by atoms with E-state index in [1.54, 1.807) is 18.2 Å². The molecule has 3 aromatic rings. The zero-order valence-electron chi connectivity index (χ0n) is 14.7. The molecule has 0 spiro atoms. The van der Waals surface area contributed by atoms with Crippen molar-refractivity contribution >= 4 is 22.5 Å². The number of ketones is 1. The van der Waals surface area contributed by atoms with Crippen molar-refractivity contribution in [2.45, 2.75) is 27.3 Å². The van der Waals surface area contributed by atoms with Crippen LogP contribution in [0.4, 0.5) is 0 Å². The number of fused-ring (bicyclic) bond motifs is 1. The van der Waals surface area contributed by atoms with E-state index in [2.05, 4.69) is 5.10 Å². The SMILES string of the molecule is Cc1cc(C)c(C(=O)Cn2nc(C(=O)[O-])c3ccccc3c2=O)cc1C. The summed E-state index contributed by atoms with van der Waals surface area (Å²) < 4.78 is 0.893. The second kappa shape index (κ2) is 6.55. The molecule has 3 rings (SSSR count). The van der Waals surface area contributed by atoms with Gasteiger partial charge in [-0.15, -0.1) is 0 Å². The normalized spacial score (nSPS) is 10.9. The first-order valence-electron chi connectivity index (χ1n) is 8.12. The Morgan fingerprint density at radius 2 is 1.62 bits per heavy atom. The average Bonchev–Trinajstić information content (AvgIpc) is 2.60. The predicted octanol–water partition coefficient (Wildman–Crippen LogP) is 1.57. The number of carbonyl (C=O) groups is 2. The monoisotopic (exact) mass is 349 g/mol. The van der Waals surface area contributed by atoms with Crippen LogP contribution in [0.2, 0.25) is 0 Å². The van der Waals surface area contributed by atoms with Gasteiger partial charge in [-0.3, -0.25) is 9.59 Å². The highest BCUT2D eigenvalue weighted by atomic mass is 16.4. The van der Waals surface area contributed by atoms with Crippen molar-refractivity contribution in [3.8, 4) is 0 Å². The van der Waals surface area contributed by atoms with E-state index in [4.69, 9.17) is 0 Å². The van der Waals surface area contributed by atoms with Crippen molar-refractivity contribution in [3.05, 3.63) is 74.7 Å². The fraction of sp³-hybridized carbons (Fsp3) is 0.200. The van der Waals surface area contributed by atoms with E-state index in [1.165, 1.54) is 12.1 Å². The highest BCUT2D eigenvalue weighted by Crippen LogP contribution is 2.17. The van der Waals surface area contributed by atoms with Crippen molar-refractivity contribution in [2.75, 3.05) is 0 Å². The van der Waals surface area contributed by atoms with Crippen molar-refractivity contribution < 1.29 is 14.7 Å². The second-order valence-corrected chi connectivity index (χ2v) is 6.32. The minimum absolute atomic E-state index is 0.186. The fourth-order valence-electron chi connectivity index (χ4n) is 2.98. The summed E-state index contributed by atoms with van der Waals surface area (Å²) in [5, 5.41) is 15.6. The number of carbonyl (C=O) groups excluding carboxylic acids is 2. The molecule has 0 N–H and O–H groups in total. The van der Waals surface area contributed by atoms with Gasteiger partial charge in [-0.1, -0.05) is 24.3 Å². The maximum Gasteiger partial charge on any atom is 0.275 e. The van der Waals surface area contributed by atoms with Crippen LogP contribution in [0.5, 0.6) is 0 Å². The summed E-state index contributed by atoms with van der Waals surface area (Å²) in [6.45, 7) is 5.34. The first-order valence-corrected chi connectivity index (χ1v) is 8.12. The summed E-state index contributed by atoms with van der Waals surface area (Å²) in [4.78, 5) is 36.7. The summed E-state index contributed by atoms with van der Waals surface area (Å²) in [5.74, 6) is -1.80. The lowest BCUT2D eigenvalue weighted by Gasteiger charge is -2.13. The molecule has 0 saturated heterocycles. The van der Waals surface area contributed by atoms with Crippen molar-refractivity contribution in [3.63, 3.8) is 0 Å². The van der Waals surface area contributed by atoms with E-state index in [0.717, 1.165) is 21.4 Å². The number of rotatable bonds is 4. The molecular weight excluding hydrogens is 332 g/mol.